The third-order valence-corrected chi connectivity index (χ3v) is 2.97. The fraction of sp³-hybridized carbons (Fsp3) is 0.500. The van der Waals surface area contributed by atoms with Crippen LogP contribution >= 0.6 is 15.9 Å². The van der Waals surface area contributed by atoms with Crippen molar-refractivity contribution in [1.29, 1.82) is 0 Å². The molecule has 0 amide bonds. The molecule has 1 aromatic rings. The van der Waals surface area contributed by atoms with Crippen LogP contribution in [0, 0.1) is 0 Å². The summed E-state index contributed by atoms with van der Waals surface area (Å²) >= 11 is 3.38. The molecule has 0 saturated carbocycles. The van der Waals surface area contributed by atoms with Gasteiger partial charge in [0, 0.05) is 12.3 Å². The van der Waals surface area contributed by atoms with Crippen LogP contribution in [0.5, 0.6) is 5.75 Å². The lowest BCUT2D eigenvalue weighted by atomic mass is 10.3. The molecule has 0 aliphatic carbocycles. The normalized spacial score (nSPS) is 10.4. The van der Waals surface area contributed by atoms with Crippen LogP contribution in [0.15, 0.2) is 22.7 Å². The molecule has 90 valence electrons. The van der Waals surface area contributed by atoms with Gasteiger partial charge in [0.25, 0.3) is 0 Å². The van der Waals surface area contributed by atoms with Crippen LogP contribution in [0.4, 0.5) is 5.69 Å². The quantitative estimate of drug-likeness (QED) is 0.619. The van der Waals surface area contributed by atoms with Crippen molar-refractivity contribution in [3.8, 4) is 5.75 Å². The van der Waals surface area contributed by atoms with E-state index in [1.165, 1.54) is 0 Å². The Labute approximate surface area is 105 Å². The zero-order valence-corrected chi connectivity index (χ0v) is 11.1. The second-order valence-electron chi connectivity index (χ2n) is 3.47. The summed E-state index contributed by atoms with van der Waals surface area (Å²) in [5.41, 5.74) is 6.42. The first-order chi connectivity index (χ1) is 7.75. The molecule has 0 bridgehead atoms. The van der Waals surface area contributed by atoms with Crippen LogP contribution in [0.25, 0.3) is 0 Å². The molecule has 0 heterocycles. The highest BCUT2D eigenvalue weighted by molar-refractivity contribution is 9.10. The maximum Gasteiger partial charge on any atom is 0.135 e. The highest BCUT2D eigenvalue weighted by Gasteiger charge is 2.03. The number of nitrogen functional groups attached to an aromatic ring is 1. The lowest BCUT2D eigenvalue weighted by Crippen LogP contribution is -2.08. The smallest absolute Gasteiger partial charge is 0.135 e. The number of nitrogens with two attached hydrogens (primary N) is 1. The minimum absolute atomic E-state index is 0.547. The number of halogens is 1. The van der Waals surface area contributed by atoms with Gasteiger partial charge in [-0.2, -0.15) is 0 Å². The Bertz CT molecular complexity index is 318. The molecule has 0 unspecified atom stereocenters. The molecule has 0 radical (unpaired) electrons. The van der Waals surface area contributed by atoms with E-state index in [9.17, 15) is 0 Å². The van der Waals surface area contributed by atoms with Gasteiger partial charge in [0.15, 0.2) is 0 Å². The zero-order valence-electron chi connectivity index (χ0n) is 9.54. The van der Waals surface area contributed by atoms with Gasteiger partial charge < -0.3 is 15.2 Å². The van der Waals surface area contributed by atoms with Crippen molar-refractivity contribution in [3.63, 3.8) is 0 Å². The molecule has 0 spiro atoms. The van der Waals surface area contributed by atoms with Crippen LogP contribution in [0.2, 0.25) is 0 Å². The van der Waals surface area contributed by atoms with Gasteiger partial charge >= 0.3 is 0 Å². The molecule has 0 fully saturated rings. The molecule has 4 heteroatoms. The topological polar surface area (TPSA) is 44.5 Å². The van der Waals surface area contributed by atoms with Gasteiger partial charge in [-0.3, -0.25) is 0 Å². The Morgan fingerprint density at radius 2 is 2.06 bits per heavy atom. The van der Waals surface area contributed by atoms with Crippen molar-refractivity contribution < 1.29 is 9.47 Å². The highest BCUT2D eigenvalue weighted by atomic mass is 79.9. The number of anilines is 1. The molecular weight excluding hydrogens is 270 g/mol. The van der Waals surface area contributed by atoms with Crippen LogP contribution in [0.1, 0.15) is 19.8 Å². The predicted octanol–water partition coefficient (Wildman–Crippen LogP) is 3.23. The van der Waals surface area contributed by atoms with E-state index in [-0.39, 0.29) is 0 Å². The number of unbranched alkanes of at least 4 members (excludes halogenated alkanes) is 1. The SMILES string of the molecule is CCCCOCCOc1cccc(N)c1Br. The fourth-order valence-electron chi connectivity index (χ4n) is 1.20. The van der Waals surface area contributed by atoms with E-state index < -0.39 is 0 Å². The standard InChI is InChI=1S/C12H18BrNO2/c1-2-3-7-15-8-9-16-11-6-4-5-10(14)12(11)13/h4-6H,2-3,7-9,14H2,1H3. The molecule has 1 rings (SSSR count). The maximum atomic E-state index is 5.73. The van der Waals surface area contributed by atoms with Gasteiger partial charge in [-0.05, 0) is 34.5 Å². The first-order valence-corrected chi connectivity index (χ1v) is 6.29. The molecule has 16 heavy (non-hydrogen) atoms. The summed E-state index contributed by atoms with van der Waals surface area (Å²) in [7, 11) is 0. The lowest BCUT2D eigenvalue weighted by molar-refractivity contribution is 0.0978. The second kappa shape index (κ2) is 7.52. The van der Waals surface area contributed by atoms with Crippen LogP contribution in [-0.4, -0.2) is 19.8 Å². The average Bonchev–Trinajstić information content (AvgIpc) is 2.29. The summed E-state index contributed by atoms with van der Waals surface area (Å²) in [5, 5.41) is 0. The Morgan fingerprint density at radius 3 is 2.81 bits per heavy atom. The molecule has 0 aromatic heterocycles. The fourth-order valence-corrected chi connectivity index (χ4v) is 1.58. The number of rotatable bonds is 7. The Balaban J connectivity index is 2.24. The maximum absolute atomic E-state index is 5.73. The van der Waals surface area contributed by atoms with E-state index in [0.717, 1.165) is 29.7 Å². The summed E-state index contributed by atoms with van der Waals surface area (Å²) < 4.78 is 11.7. The zero-order chi connectivity index (χ0) is 11.8. The molecule has 1 aromatic carbocycles. The molecule has 3 nitrogen and oxygen atoms in total. The second-order valence-corrected chi connectivity index (χ2v) is 4.27. The predicted molar refractivity (Wildman–Crippen MR) is 69.8 cm³/mol. The molecule has 0 aliphatic rings. The summed E-state index contributed by atoms with van der Waals surface area (Å²) in [6.45, 7) is 4.11. The van der Waals surface area contributed by atoms with Gasteiger partial charge in [0.05, 0.1) is 11.1 Å². The van der Waals surface area contributed by atoms with E-state index >= 15 is 0 Å². The Hall–Kier alpha value is -0.740. The minimum atomic E-state index is 0.547. The van der Waals surface area contributed by atoms with Crippen molar-refractivity contribution in [3.05, 3.63) is 22.7 Å². The summed E-state index contributed by atoms with van der Waals surface area (Å²) in [4.78, 5) is 0. The molecule has 0 aliphatic heterocycles. The van der Waals surface area contributed by atoms with Crippen LogP contribution < -0.4 is 10.5 Å². The summed E-state index contributed by atoms with van der Waals surface area (Å²) in [6.07, 6.45) is 2.25. The van der Waals surface area contributed by atoms with Gasteiger partial charge in [0.2, 0.25) is 0 Å². The van der Waals surface area contributed by atoms with Gasteiger partial charge in [0.1, 0.15) is 12.4 Å². The van der Waals surface area contributed by atoms with Crippen molar-refractivity contribution in [2.45, 2.75) is 19.8 Å². The number of hydrogen-bond acceptors (Lipinski definition) is 3. The number of benzene rings is 1. The van der Waals surface area contributed by atoms with Gasteiger partial charge in [-0.25, -0.2) is 0 Å². The Morgan fingerprint density at radius 1 is 1.25 bits per heavy atom. The third kappa shape index (κ3) is 4.41. The molecule has 0 saturated heterocycles. The van der Waals surface area contributed by atoms with E-state index in [2.05, 4.69) is 22.9 Å². The van der Waals surface area contributed by atoms with Crippen molar-refractivity contribution in [2.75, 3.05) is 25.6 Å². The summed E-state index contributed by atoms with van der Waals surface area (Å²) in [6, 6.07) is 5.58. The number of hydrogen-bond donors (Lipinski definition) is 1. The highest BCUT2D eigenvalue weighted by Crippen LogP contribution is 2.29. The van der Waals surface area contributed by atoms with E-state index in [1.54, 1.807) is 0 Å². The summed E-state index contributed by atoms with van der Waals surface area (Å²) in [5.74, 6) is 0.763. The molecular formula is C12H18BrNO2. The third-order valence-electron chi connectivity index (χ3n) is 2.12. The minimum Gasteiger partial charge on any atom is -0.490 e. The molecule has 2 N–H and O–H groups in total. The van der Waals surface area contributed by atoms with E-state index in [0.29, 0.717) is 18.9 Å². The first-order valence-electron chi connectivity index (χ1n) is 5.50. The largest absolute Gasteiger partial charge is 0.490 e. The van der Waals surface area contributed by atoms with E-state index in [1.807, 2.05) is 18.2 Å². The van der Waals surface area contributed by atoms with E-state index in [4.69, 9.17) is 15.2 Å². The average molecular weight is 288 g/mol. The van der Waals surface area contributed by atoms with Crippen LogP contribution in [-0.2, 0) is 4.74 Å². The van der Waals surface area contributed by atoms with Crippen LogP contribution in [0.3, 0.4) is 0 Å². The first kappa shape index (κ1) is 13.3. The van der Waals surface area contributed by atoms with Gasteiger partial charge in [-0.1, -0.05) is 19.4 Å². The monoisotopic (exact) mass is 287 g/mol. The molecule has 0 atom stereocenters. The Kier molecular flexibility index (Phi) is 6.26. The van der Waals surface area contributed by atoms with Crippen molar-refractivity contribution in [2.24, 2.45) is 0 Å². The number of ether oxygens (including phenoxy) is 2. The van der Waals surface area contributed by atoms with Gasteiger partial charge in [-0.15, -0.1) is 0 Å². The van der Waals surface area contributed by atoms with Crippen molar-refractivity contribution in [1.82, 2.24) is 0 Å². The lowest BCUT2D eigenvalue weighted by Gasteiger charge is -2.09. The van der Waals surface area contributed by atoms with Crippen molar-refractivity contribution >= 4 is 21.6 Å².